The smallest absolute Gasteiger partial charge is 0.196 e. The van der Waals surface area contributed by atoms with E-state index in [9.17, 15) is 0 Å². The predicted octanol–water partition coefficient (Wildman–Crippen LogP) is 2.52. The van der Waals surface area contributed by atoms with Crippen LogP contribution in [0.5, 0.6) is 0 Å². The van der Waals surface area contributed by atoms with E-state index in [4.69, 9.17) is 10.5 Å². The summed E-state index contributed by atoms with van der Waals surface area (Å²) in [4.78, 5) is 6.68. The summed E-state index contributed by atoms with van der Waals surface area (Å²) in [6, 6.07) is 8.23. The van der Waals surface area contributed by atoms with Gasteiger partial charge in [0, 0.05) is 16.8 Å². The van der Waals surface area contributed by atoms with Gasteiger partial charge in [-0.2, -0.15) is 0 Å². The van der Waals surface area contributed by atoms with Gasteiger partial charge in [-0.1, -0.05) is 22.0 Å². The normalized spacial score (nSPS) is 30.7. The lowest BCUT2D eigenvalue weighted by Crippen LogP contribution is -2.56. The fraction of sp³-hybridized carbons (Fsp3) is 0.500. The molecule has 0 bridgehead atoms. The molecule has 2 atom stereocenters. The van der Waals surface area contributed by atoms with E-state index in [1.54, 1.807) is 0 Å². The van der Waals surface area contributed by atoms with Gasteiger partial charge < -0.3 is 15.4 Å². The Labute approximate surface area is 121 Å². The van der Waals surface area contributed by atoms with Gasteiger partial charge in [-0.25, -0.2) is 0 Å². The molecule has 2 unspecified atom stereocenters. The highest BCUT2D eigenvalue weighted by atomic mass is 79.9. The second-order valence-corrected chi connectivity index (χ2v) is 6.27. The summed E-state index contributed by atoms with van der Waals surface area (Å²) in [7, 11) is 0. The minimum Gasteiger partial charge on any atom is -0.378 e. The lowest BCUT2D eigenvalue weighted by Gasteiger charge is -2.44. The first-order valence-corrected chi connectivity index (χ1v) is 7.37. The van der Waals surface area contributed by atoms with Gasteiger partial charge in [0.1, 0.15) is 0 Å². The summed E-state index contributed by atoms with van der Waals surface area (Å²) in [6.45, 7) is 3.65. The maximum Gasteiger partial charge on any atom is 0.196 e. The highest BCUT2D eigenvalue weighted by Crippen LogP contribution is 2.38. The van der Waals surface area contributed by atoms with Crippen molar-refractivity contribution >= 4 is 27.6 Å². The van der Waals surface area contributed by atoms with Crippen LogP contribution in [-0.4, -0.2) is 30.8 Å². The van der Waals surface area contributed by atoms with Gasteiger partial charge in [-0.3, -0.25) is 4.99 Å². The third-order valence-electron chi connectivity index (χ3n) is 3.94. The third kappa shape index (κ3) is 2.25. The Balaban J connectivity index is 1.98. The zero-order valence-electron chi connectivity index (χ0n) is 11.0. The molecule has 19 heavy (non-hydrogen) atoms. The maximum absolute atomic E-state index is 6.13. The van der Waals surface area contributed by atoms with Crippen LogP contribution in [0.3, 0.4) is 0 Å². The second-order valence-electron chi connectivity index (χ2n) is 5.35. The van der Waals surface area contributed by atoms with E-state index in [1.165, 1.54) is 0 Å². The van der Waals surface area contributed by atoms with Gasteiger partial charge in [-0.15, -0.1) is 0 Å². The molecule has 2 aliphatic rings. The molecule has 2 aliphatic heterocycles. The minimum absolute atomic E-state index is 0.0114. The van der Waals surface area contributed by atoms with E-state index in [-0.39, 0.29) is 11.6 Å². The summed E-state index contributed by atoms with van der Waals surface area (Å²) in [6.07, 6.45) is 2.18. The van der Waals surface area contributed by atoms with Crippen molar-refractivity contribution in [3.63, 3.8) is 0 Å². The average Bonchev–Trinajstić information content (AvgIpc) is 2.66. The van der Waals surface area contributed by atoms with Crippen LogP contribution in [0.4, 0.5) is 5.69 Å². The molecule has 1 saturated heterocycles. The Bertz CT molecular complexity index is 519. The van der Waals surface area contributed by atoms with Crippen LogP contribution in [0.25, 0.3) is 0 Å². The Morgan fingerprint density at radius 3 is 3.11 bits per heavy atom. The van der Waals surface area contributed by atoms with E-state index in [0.29, 0.717) is 5.96 Å². The molecule has 1 aromatic carbocycles. The Kier molecular flexibility index (Phi) is 3.27. The largest absolute Gasteiger partial charge is 0.378 e. The average molecular weight is 324 g/mol. The molecule has 2 N–H and O–H groups in total. The van der Waals surface area contributed by atoms with E-state index >= 15 is 0 Å². The number of hydrogen-bond donors (Lipinski definition) is 1. The molecular formula is C14H18BrN3O. The molecule has 1 aromatic rings. The van der Waals surface area contributed by atoms with Crippen LogP contribution >= 0.6 is 15.9 Å². The van der Waals surface area contributed by atoms with Gasteiger partial charge in [0.25, 0.3) is 0 Å². The van der Waals surface area contributed by atoms with Crippen molar-refractivity contribution in [2.75, 3.05) is 18.1 Å². The summed E-state index contributed by atoms with van der Waals surface area (Å²) in [5.74, 6) is 0.618. The number of halogens is 1. The molecule has 3 rings (SSSR count). The van der Waals surface area contributed by atoms with Gasteiger partial charge in [0.15, 0.2) is 5.96 Å². The number of anilines is 1. The second kappa shape index (κ2) is 4.80. The Morgan fingerprint density at radius 2 is 2.37 bits per heavy atom. The van der Waals surface area contributed by atoms with E-state index in [1.807, 2.05) is 12.1 Å². The summed E-state index contributed by atoms with van der Waals surface area (Å²) in [5.41, 5.74) is 7.22. The van der Waals surface area contributed by atoms with Crippen LogP contribution in [0.15, 0.2) is 33.7 Å². The van der Waals surface area contributed by atoms with E-state index in [0.717, 1.165) is 36.2 Å². The van der Waals surface area contributed by atoms with Crippen molar-refractivity contribution in [1.29, 1.82) is 0 Å². The highest BCUT2D eigenvalue weighted by molar-refractivity contribution is 9.10. The van der Waals surface area contributed by atoms with Crippen molar-refractivity contribution in [2.24, 2.45) is 10.7 Å². The van der Waals surface area contributed by atoms with Crippen LogP contribution in [0.1, 0.15) is 19.8 Å². The van der Waals surface area contributed by atoms with Crippen LogP contribution in [0.2, 0.25) is 0 Å². The lowest BCUT2D eigenvalue weighted by atomic mass is 9.85. The molecule has 0 saturated carbocycles. The first kappa shape index (κ1) is 12.9. The molecule has 2 heterocycles. The lowest BCUT2D eigenvalue weighted by molar-refractivity contribution is -0.00246. The SMILES string of the molecule is CC1CC2(CCO1)CN=C(N)N2c1cccc(Br)c1. The van der Waals surface area contributed by atoms with Crippen molar-refractivity contribution in [3.8, 4) is 0 Å². The van der Waals surface area contributed by atoms with Crippen molar-refractivity contribution < 1.29 is 4.74 Å². The monoisotopic (exact) mass is 323 g/mol. The molecule has 0 aliphatic carbocycles. The maximum atomic E-state index is 6.13. The van der Waals surface area contributed by atoms with Gasteiger partial charge in [0.05, 0.1) is 18.2 Å². The van der Waals surface area contributed by atoms with Gasteiger partial charge in [-0.05, 0) is 38.0 Å². The number of rotatable bonds is 1. The summed E-state index contributed by atoms with van der Waals surface area (Å²) < 4.78 is 6.74. The van der Waals surface area contributed by atoms with Crippen LogP contribution in [-0.2, 0) is 4.74 Å². The first-order valence-electron chi connectivity index (χ1n) is 6.58. The predicted molar refractivity (Wildman–Crippen MR) is 80.5 cm³/mol. The van der Waals surface area contributed by atoms with Gasteiger partial charge >= 0.3 is 0 Å². The number of guanidine groups is 1. The van der Waals surface area contributed by atoms with E-state index < -0.39 is 0 Å². The quantitative estimate of drug-likeness (QED) is 0.864. The van der Waals surface area contributed by atoms with Crippen LogP contribution in [0, 0.1) is 0 Å². The molecule has 102 valence electrons. The zero-order valence-corrected chi connectivity index (χ0v) is 12.6. The molecule has 1 spiro atoms. The minimum atomic E-state index is -0.0114. The molecule has 5 heteroatoms. The standard InChI is InChI=1S/C14H18BrN3O/c1-10-8-14(5-6-19-10)9-17-13(16)18(14)12-4-2-3-11(15)7-12/h2-4,7,10H,5-6,8-9H2,1H3,(H2,16,17). The van der Waals surface area contributed by atoms with Crippen molar-refractivity contribution in [2.45, 2.75) is 31.4 Å². The fourth-order valence-corrected chi connectivity index (χ4v) is 3.51. The Hall–Kier alpha value is -1.07. The van der Waals surface area contributed by atoms with E-state index in [2.05, 4.69) is 44.9 Å². The zero-order chi connectivity index (χ0) is 13.5. The van der Waals surface area contributed by atoms with Crippen molar-refractivity contribution in [1.82, 2.24) is 0 Å². The number of benzene rings is 1. The number of nitrogens with two attached hydrogens (primary N) is 1. The summed E-state index contributed by atoms with van der Waals surface area (Å²) >= 11 is 3.52. The molecule has 0 amide bonds. The molecule has 4 nitrogen and oxygen atoms in total. The molecule has 0 radical (unpaired) electrons. The third-order valence-corrected chi connectivity index (χ3v) is 4.44. The van der Waals surface area contributed by atoms with Gasteiger partial charge in [0.2, 0.25) is 0 Å². The number of hydrogen-bond acceptors (Lipinski definition) is 4. The molecule has 1 fully saturated rings. The number of nitrogens with zero attached hydrogens (tertiary/aromatic N) is 2. The number of ether oxygens (including phenoxy) is 1. The van der Waals surface area contributed by atoms with Crippen LogP contribution < -0.4 is 10.6 Å². The summed E-state index contributed by atoms with van der Waals surface area (Å²) in [5, 5.41) is 0. The highest BCUT2D eigenvalue weighted by Gasteiger charge is 2.46. The number of aliphatic imine (C=N–C) groups is 1. The fourth-order valence-electron chi connectivity index (χ4n) is 3.13. The molecule has 0 aromatic heterocycles. The topological polar surface area (TPSA) is 50.9 Å². The van der Waals surface area contributed by atoms with Crippen molar-refractivity contribution in [3.05, 3.63) is 28.7 Å². The Morgan fingerprint density at radius 1 is 1.53 bits per heavy atom. The first-order chi connectivity index (χ1) is 9.11. The molecular weight excluding hydrogens is 306 g/mol.